The van der Waals surface area contributed by atoms with E-state index in [1.165, 1.54) is 18.4 Å². The summed E-state index contributed by atoms with van der Waals surface area (Å²) in [5.74, 6) is 2.41. The van der Waals surface area contributed by atoms with Crippen molar-refractivity contribution in [3.05, 3.63) is 35.9 Å². The molecule has 1 aliphatic rings. The van der Waals surface area contributed by atoms with E-state index in [9.17, 15) is 0 Å². The van der Waals surface area contributed by atoms with E-state index in [1.54, 1.807) is 0 Å². The van der Waals surface area contributed by atoms with E-state index in [-0.39, 0.29) is 0 Å². The Labute approximate surface area is 128 Å². The zero-order chi connectivity index (χ0) is 14.9. The van der Waals surface area contributed by atoms with Crippen molar-refractivity contribution in [3.8, 4) is 0 Å². The van der Waals surface area contributed by atoms with Crippen LogP contribution in [0.4, 0.5) is 5.82 Å². The molecule has 0 amide bonds. The summed E-state index contributed by atoms with van der Waals surface area (Å²) in [6.07, 6.45) is 8.44. The van der Waals surface area contributed by atoms with Crippen LogP contribution in [0.2, 0.25) is 0 Å². The Morgan fingerprint density at radius 3 is 2.95 bits per heavy atom. The maximum Gasteiger partial charge on any atom is 0.178 e. The number of rotatable bonds is 6. The second-order valence-corrected chi connectivity index (χ2v) is 5.87. The molecule has 1 saturated carbocycles. The molecule has 0 bridgehead atoms. The highest BCUT2D eigenvalue weighted by atomic mass is 15.4. The Bertz CT molecular complexity index is 784. The van der Waals surface area contributed by atoms with E-state index in [0.717, 1.165) is 36.7 Å². The van der Waals surface area contributed by atoms with Crippen molar-refractivity contribution in [3.63, 3.8) is 0 Å². The summed E-state index contributed by atoms with van der Waals surface area (Å²) in [5.41, 5.74) is 2.09. The molecular formula is C15H19N7. The first-order chi connectivity index (χ1) is 10.8. The topological polar surface area (TPSA) is 72.9 Å². The standard InChI is InChI=1S/C15H19N7/c1-21-10-11(9-17-21)3-2-8-16-13-6-7-14-18-19-15(12-4-5-12)22(14)20-13/h6-7,9-10,12H,2-5,8H2,1H3,(H,16,20). The number of aryl methyl sites for hydroxylation is 2. The summed E-state index contributed by atoms with van der Waals surface area (Å²) < 4.78 is 3.71. The third-order valence-electron chi connectivity index (χ3n) is 3.94. The van der Waals surface area contributed by atoms with E-state index in [1.807, 2.05) is 34.6 Å². The quantitative estimate of drug-likeness (QED) is 0.702. The summed E-state index contributed by atoms with van der Waals surface area (Å²) >= 11 is 0. The molecule has 1 aliphatic carbocycles. The monoisotopic (exact) mass is 297 g/mol. The first-order valence-corrected chi connectivity index (χ1v) is 7.73. The van der Waals surface area contributed by atoms with Crippen LogP contribution in [0.3, 0.4) is 0 Å². The normalized spacial score (nSPS) is 14.6. The van der Waals surface area contributed by atoms with E-state index >= 15 is 0 Å². The van der Waals surface area contributed by atoms with Crippen molar-refractivity contribution in [1.82, 2.24) is 29.6 Å². The number of hydrogen-bond acceptors (Lipinski definition) is 5. The van der Waals surface area contributed by atoms with Crippen molar-refractivity contribution in [2.75, 3.05) is 11.9 Å². The SMILES string of the molecule is Cn1cc(CCCNc2ccc3nnc(C4CC4)n3n2)cn1. The fourth-order valence-corrected chi connectivity index (χ4v) is 2.61. The van der Waals surface area contributed by atoms with Gasteiger partial charge in [-0.25, -0.2) is 0 Å². The molecule has 0 unspecified atom stereocenters. The molecule has 1 fully saturated rings. The Morgan fingerprint density at radius 1 is 1.27 bits per heavy atom. The third-order valence-corrected chi connectivity index (χ3v) is 3.94. The third kappa shape index (κ3) is 2.66. The van der Waals surface area contributed by atoms with Crippen molar-refractivity contribution in [2.24, 2.45) is 7.05 Å². The van der Waals surface area contributed by atoms with Crippen molar-refractivity contribution in [1.29, 1.82) is 0 Å². The summed E-state index contributed by atoms with van der Waals surface area (Å²) in [6, 6.07) is 3.93. The lowest BCUT2D eigenvalue weighted by atomic mass is 10.2. The molecule has 3 aromatic rings. The highest BCUT2D eigenvalue weighted by Crippen LogP contribution is 2.38. The first-order valence-electron chi connectivity index (χ1n) is 7.73. The molecule has 3 heterocycles. The lowest BCUT2D eigenvalue weighted by molar-refractivity contribution is 0.765. The molecule has 7 heteroatoms. The number of anilines is 1. The van der Waals surface area contributed by atoms with Gasteiger partial charge in [0, 0.05) is 25.7 Å². The number of nitrogens with one attached hydrogen (secondary N) is 1. The molecule has 0 spiro atoms. The minimum atomic E-state index is 0.545. The Morgan fingerprint density at radius 2 is 2.18 bits per heavy atom. The summed E-state index contributed by atoms with van der Waals surface area (Å²) in [5, 5.41) is 20.6. The lowest BCUT2D eigenvalue weighted by Gasteiger charge is -2.05. The van der Waals surface area contributed by atoms with Gasteiger partial charge in [0.25, 0.3) is 0 Å². The fourth-order valence-electron chi connectivity index (χ4n) is 2.61. The summed E-state index contributed by atoms with van der Waals surface area (Å²) in [6.45, 7) is 0.883. The van der Waals surface area contributed by atoms with E-state index < -0.39 is 0 Å². The van der Waals surface area contributed by atoms with Crippen molar-refractivity contribution in [2.45, 2.75) is 31.6 Å². The van der Waals surface area contributed by atoms with Crippen LogP contribution in [0, 0.1) is 0 Å². The molecule has 0 saturated heterocycles. The average Bonchev–Trinajstić information content (AvgIpc) is 3.15. The van der Waals surface area contributed by atoms with Gasteiger partial charge in [-0.3, -0.25) is 4.68 Å². The van der Waals surface area contributed by atoms with Gasteiger partial charge in [-0.15, -0.1) is 15.3 Å². The molecule has 3 aromatic heterocycles. The maximum atomic E-state index is 4.61. The molecule has 0 radical (unpaired) electrons. The zero-order valence-corrected chi connectivity index (χ0v) is 12.6. The Balaban J connectivity index is 1.38. The molecule has 22 heavy (non-hydrogen) atoms. The van der Waals surface area contributed by atoms with Crippen molar-refractivity contribution >= 4 is 11.5 Å². The predicted molar refractivity (Wildman–Crippen MR) is 82.8 cm³/mol. The first kappa shape index (κ1) is 13.2. The Hall–Kier alpha value is -2.44. The number of fused-ring (bicyclic) bond motifs is 1. The maximum absolute atomic E-state index is 4.61. The smallest absolute Gasteiger partial charge is 0.178 e. The van der Waals surface area contributed by atoms with Crippen molar-refractivity contribution < 1.29 is 0 Å². The molecule has 1 N–H and O–H groups in total. The highest BCUT2D eigenvalue weighted by Gasteiger charge is 2.29. The van der Waals surface area contributed by atoms with Gasteiger partial charge in [0.05, 0.1) is 6.20 Å². The summed E-state index contributed by atoms with van der Waals surface area (Å²) in [7, 11) is 1.94. The summed E-state index contributed by atoms with van der Waals surface area (Å²) in [4.78, 5) is 0. The van der Waals surface area contributed by atoms with Crippen LogP contribution < -0.4 is 5.32 Å². The predicted octanol–water partition coefficient (Wildman–Crippen LogP) is 1.78. The van der Waals surface area contributed by atoms with Crippen LogP contribution in [0.5, 0.6) is 0 Å². The van der Waals surface area contributed by atoms with Crippen LogP contribution in [-0.2, 0) is 13.5 Å². The van der Waals surface area contributed by atoms with E-state index in [2.05, 4.69) is 31.9 Å². The number of hydrogen-bond donors (Lipinski definition) is 1. The number of aromatic nitrogens is 6. The fraction of sp³-hybridized carbons (Fsp3) is 0.467. The largest absolute Gasteiger partial charge is 0.369 e. The van der Waals surface area contributed by atoms with Gasteiger partial charge in [-0.05, 0) is 43.4 Å². The second-order valence-electron chi connectivity index (χ2n) is 5.87. The minimum absolute atomic E-state index is 0.545. The number of nitrogens with zero attached hydrogens (tertiary/aromatic N) is 6. The Kier molecular flexibility index (Phi) is 3.25. The molecule has 0 aromatic carbocycles. The molecule has 114 valence electrons. The highest BCUT2D eigenvalue weighted by molar-refractivity contribution is 5.44. The van der Waals surface area contributed by atoms with Crippen LogP contribution >= 0.6 is 0 Å². The van der Waals surface area contributed by atoms with Gasteiger partial charge in [0.15, 0.2) is 11.5 Å². The van der Waals surface area contributed by atoms with Gasteiger partial charge in [0.2, 0.25) is 0 Å². The van der Waals surface area contributed by atoms with E-state index in [4.69, 9.17) is 0 Å². The van der Waals surface area contributed by atoms with Crippen LogP contribution in [-0.4, -0.2) is 36.1 Å². The molecular weight excluding hydrogens is 278 g/mol. The van der Waals surface area contributed by atoms with Crippen LogP contribution in [0.25, 0.3) is 5.65 Å². The molecule has 0 atom stereocenters. The van der Waals surface area contributed by atoms with Gasteiger partial charge in [-0.2, -0.15) is 9.61 Å². The van der Waals surface area contributed by atoms with Gasteiger partial charge >= 0.3 is 0 Å². The second kappa shape index (κ2) is 5.40. The average molecular weight is 297 g/mol. The molecule has 4 rings (SSSR count). The van der Waals surface area contributed by atoms with Crippen LogP contribution in [0.1, 0.15) is 36.6 Å². The van der Waals surface area contributed by atoms with Gasteiger partial charge < -0.3 is 5.32 Å². The lowest BCUT2D eigenvalue weighted by Crippen LogP contribution is -2.07. The zero-order valence-electron chi connectivity index (χ0n) is 12.6. The van der Waals surface area contributed by atoms with Gasteiger partial charge in [-0.1, -0.05) is 0 Å². The molecule has 0 aliphatic heterocycles. The van der Waals surface area contributed by atoms with Gasteiger partial charge in [0.1, 0.15) is 5.82 Å². The van der Waals surface area contributed by atoms with E-state index in [0.29, 0.717) is 5.92 Å². The molecule has 7 nitrogen and oxygen atoms in total. The minimum Gasteiger partial charge on any atom is -0.369 e. The van der Waals surface area contributed by atoms with Crippen LogP contribution in [0.15, 0.2) is 24.5 Å².